The van der Waals surface area contributed by atoms with Gasteiger partial charge in [0.15, 0.2) is 0 Å². The van der Waals surface area contributed by atoms with Gasteiger partial charge in [-0.15, -0.1) is 0 Å². The van der Waals surface area contributed by atoms with Crippen molar-refractivity contribution < 1.29 is 9.90 Å². The van der Waals surface area contributed by atoms with E-state index < -0.39 is 5.60 Å². The Labute approximate surface area is 117 Å². The monoisotopic (exact) mass is 271 g/mol. The second-order valence-corrected chi connectivity index (χ2v) is 5.25. The van der Waals surface area contributed by atoms with Crippen molar-refractivity contribution in [3.63, 3.8) is 0 Å². The van der Waals surface area contributed by atoms with E-state index in [2.05, 4.69) is 10.3 Å². The van der Waals surface area contributed by atoms with Gasteiger partial charge in [-0.2, -0.15) is 0 Å². The summed E-state index contributed by atoms with van der Waals surface area (Å²) in [6.07, 6.45) is 5.68. The van der Waals surface area contributed by atoms with Crippen LogP contribution in [0.5, 0.6) is 0 Å². The van der Waals surface area contributed by atoms with E-state index in [-0.39, 0.29) is 5.91 Å². The highest BCUT2D eigenvalue weighted by Gasteiger charge is 2.34. The predicted octanol–water partition coefficient (Wildman–Crippen LogP) is 1.52. The molecule has 0 bridgehead atoms. The fourth-order valence-electron chi connectivity index (χ4n) is 2.35. The lowest BCUT2D eigenvalue weighted by Crippen LogP contribution is -2.48. The maximum absolute atomic E-state index is 12.2. The van der Waals surface area contributed by atoms with E-state index in [1.807, 2.05) is 30.3 Å². The number of benzene rings is 1. The number of rotatable bonds is 4. The Balaban J connectivity index is 1.74. The van der Waals surface area contributed by atoms with Gasteiger partial charge in [-0.05, 0) is 31.4 Å². The van der Waals surface area contributed by atoms with Crippen LogP contribution < -0.4 is 5.32 Å². The molecule has 2 N–H and O–H groups in total. The summed E-state index contributed by atoms with van der Waals surface area (Å²) in [5.41, 5.74) is 0.643. The quantitative estimate of drug-likeness (QED) is 0.886. The highest BCUT2D eigenvalue weighted by atomic mass is 16.3. The van der Waals surface area contributed by atoms with E-state index in [0.717, 1.165) is 24.9 Å². The molecule has 0 saturated heterocycles. The van der Waals surface area contributed by atoms with E-state index in [1.54, 1.807) is 10.9 Å². The highest BCUT2D eigenvalue weighted by Crippen LogP contribution is 2.30. The number of aliphatic hydroxyl groups is 1. The fourth-order valence-corrected chi connectivity index (χ4v) is 2.35. The van der Waals surface area contributed by atoms with Crippen LogP contribution in [0.1, 0.15) is 29.8 Å². The average Bonchev–Trinajstić information content (AvgIpc) is 2.93. The van der Waals surface area contributed by atoms with E-state index in [4.69, 9.17) is 0 Å². The maximum atomic E-state index is 12.2. The smallest absolute Gasteiger partial charge is 0.270 e. The molecule has 0 spiro atoms. The van der Waals surface area contributed by atoms with Crippen LogP contribution in [0.2, 0.25) is 0 Å². The maximum Gasteiger partial charge on any atom is 0.270 e. The number of nitrogens with one attached hydrogen (secondary N) is 1. The molecule has 0 atom stereocenters. The average molecular weight is 271 g/mol. The number of carbonyl (C=O) groups excluding carboxylic acids is 1. The molecule has 1 aromatic carbocycles. The minimum atomic E-state index is -0.715. The van der Waals surface area contributed by atoms with Gasteiger partial charge in [-0.3, -0.25) is 9.36 Å². The first kappa shape index (κ1) is 12.9. The molecule has 2 aromatic rings. The molecule has 20 heavy (non-hydrogen) atoms. The number of amides is 1. The van der Waals surface area contributed by atoms with Crippen LogP contribution in [-0.2, 0) is 0 Å². The van der Waals surface area contributed by atoms with Crippen molar-refractivity contribution in [1.82, 2.24) is 14.9 Å². The molecule has 3 rings (SSSR count). The van der Waals surface area contributed by atoms with Crippen molar-refractivity contribution in [3.8, 4) is 5.69 Å². The molecule has 1 amide bonds. The molecule has 5 nitrogen and oxygen atoms in total. The summed E-state index contributed by atoms with van der Waals surface area (Å²) < 4.78 is 1.74. The van der Waals surface area contributed by atoms with Crippen LogP contribution in [0.4, 0.5) is 0 Å². The van der Waals surface area contributed by atoms with Crippen LogP contribution >= 0.6 is 0 Å². The van der Waals surface area contributed by atoms with Gasteiger partial charge in [-0.25, -0.2) is 4.98 Å². The molecule has 0 unspecified atom stereocenters. The number of hydrogen-bond acceptors (Lipinski definition) is 3. The van der Waals surface area contributed by atoms with E-state index in [9.17, 15) is 9.90 Å². The highest BCUT2D eigenvalue weighted by molar-refractivity contribution is 5.93. The van der Waals surface area contributed by atoms with Gasteiger partial charge in [0.25, 0.3) is 5.91 Å². The Morgan fingerprint density at radius 3 is 2.75 bits per heavy atom. The molecular formula is C15H17N3O2. The van der Waals surface area contributed by atoms with Crippen LogP contribution in [0.25, 0.3) is 5.69 Å². The molecule has 5 heteroatoms. The predicted molar refractivity (Wildman–Crippen MR) is 74.7 cm³/mol. The summed E-state index contributed by atoms with van der Waals surface area (Å²) in [4.78, 5) is 16.2. The first-order valence-corrected chi connectivity index (χ1v) is 6.76. The van der Waals surface area contributed by atoms with Gasteiger partial charge in [0.05, 0.1) is 18.1 Å². The Bertz CT molecular complexity index is 603. The summed E-state index contributed by atoms with van der Waals surface area (Å²) in [6.45, 7) is 0.297. The summed E-state index contributed by atoms with van der Waals surface area (Å²) in [7, 11) is 0. The molecule has 104 valence electrons. The molecule has 1 aromatic heterocycles. The Kier molecular flexibility index (Phi) is 3.28. The topological polar surface area (TPSA) is 67.2 Å². The Hall–Kier alpha value is -2.14. The fraction of sp³-hybridized carbons (Fsp3) is 0.333. The van der Waals surface area contributed by atoms with Crippen molar-refractivity contribution in [1.29, 1.82) is 0 Å². The first-order chi connectivity index (χ1) is 9.68. The zero-order chi connectivity index (χ0) is 14.0. The lowest BCUT2D eigenvalue weighted by atomic mass is 9.80. The van der Waals surface area contributed by atoms with E-state index in [0.29, 0.717) is 12.2 Å². The molecule has 0 aliphatic heterocycles. The standard InChI is InChI=1S/C15H17N3O2/c19-14(17-10-15(20)7-4-8-15)13-9-16-11-18(13)12-5-2-1-3-6-12/h1-3,5-6,9,11,20H,4,7-8,10H2,(H,17,19). The summed E-state index contributed by atoms with van der Waals surface area (Å²) in [5, 5.41) is 12.8. The minimum absolute atomic E-state index is 0.216. The first-order valence-electron chi connectivity index (χ1n) is 6.76. The molecule has 1 fully saturated rings. The van der Waals surface area contributed by atoms with Crippen molar-refractivity contribution in [2.75, 3.05) is 6.54 Å². The summed E-state index contributed by atoms with van der Waals surface area (Å²) in [6, 6.07) is 9.57. The second-order valence-electron chi connectivity index (χ2n) is 5.25. The summed E-state index contributed by atoms with van der Waals surface area (Å²) >= 11 is 0. The largest absolute Gasteiger partial charge is 0.388 e. The zero-order valence-electron chi connectivity index (χ0n) is 11.1. The molecular weight excluding hydrogens is 254 g/mol. The molecule has 0 radical (unpaired) electrons. The normalized spacial score (nSPS) is 16.4. The molecule has 1 saturated carbocycles. The minimum Gasteiger partial charge on any atom is -0.388 e. The number of nitrogens with zero attached hydrogens (tertiary/aromatic N) is 2. The third-order valence-electron chi connectivity index (χ3n) is 3.77. The Morgan fingerprint density at radius 1 is 1.35 bits per heavy atom. The van der Waals surface area contributed by atoms with E-state index >= 15 is 0 Å². The summed E-state index contributed by atoms with van der Waals surface area (Å²) in [5.74, 6) is -0.216. The lowest BCUT2D eigenvalue weighted by Gasteiger charge is -2.36. The van der Waals surface area contributed by atoms with Crippen molar-refractivity contribution in [3.05, 3.63) is 48.5 Å². The van der Waals surface area contributed by atoms with Crippen LogP contribution in [0.15, 0.2) is 42.9 Å². The van der Waals surface area contributed by atoms with Gasteiger partial charge in [-0.1, -0.05) is 18.2 Å². The van der Waals surface area contributed by atoms with Crippen molar-refractivity contribution in [2.24, 2.45) is 0 Å². The number of carbonyl (C=O) groups is 1. The molecule has 1 aliphatic carbocycles. The third-order valence-corrected chi connectivity index (χ3v) is 3.77. The van der Waals surface area contributed by atoms with E-state index in [1.165, 1.54) is 6.20 Å². The zero-order valence-corrected chi connectivity index (χ0v) is 11.1. The van der Waals surface area contributed by atoms with Gasteiger partial charge >= 0.3 is 0 Å². The van der Waals surface area contributed by atoms with Crippen LogP contribution in [-0.4, -0.2) is 32.7 Å². The Morgan fingerprint density at radius 2 is 2.10 bits per heavy atom. The molecule has 1 aliphatic rings. The second kappa shape index (κ2) is 5.09. The van der Waals surface area contributed by atoms with Gasteiger partial charge in [0.1, 0.15) is 5.69 Å². The SMILES string of the molecule is O=C(NCC1(O)CCC1)c1cncn1-c1ccccc1. The van der Waals surface area contributed by atoms with Crippen LogP contribution in [0, 0.1) is 0 Å². The molecule has 1 heterocycles. The van der Waals surface area contributed by atoms with Crippen molar-refractivity contribution in [2.45, 2.75) is 24.9 Å². The van der Waals surface area contributed by atoms with Gasteiger partial charge in [0.2, 0.25) is 0 Å². The van der Waals surface area contributed by atoms with Gasteiger partial charge < -0.3 is 10.4 Å². The number of imidazole rings is 1. The third kappa shape index (κ3) is 2.44. The van der Waals surface area contributed by atoms with Gasteiger partial charge in [0, 0.05) is 12.2 Å². The number of para-hydroxylation sites is 1. The van der Waals surface area contributed by atoms with Crippen LogP contribution in [0.3, 0.4) is 0 Å². The number of hydrogen-bond donors (Lipinski definition) is 2. The van der Waals surface area contributed by atoms with Crippen molar-refractivity contribution >= 4 is 5.91 Å². The lowest BCUT2D eigenvalue weighted by molar-refractivity contribution is -0.0301. The number of aromatic nitrogens is 2.